The Labute approximate surface area is 348 Å². The number of anilines is 1. The number of phenols is 1. The molecule has 10 nitrogen and oxygen atoms in total. The van der Waals surface area contributed by atoms with Crippen LogP contribution in [0.1, 0.15) is 62.8 Å². The molecule has 4 N–H and O–H groups in total. The van der Waals surface area contributed by atoms with Crippen LogP contribution in [0.15, 0.2) is 108 Å². The summed E-state index contributed by atoms with van der Waals surface area (Å²) in [5.74, 6) is 1.18. The van der Waals surface area contributed by atoms with E-state index in [9.17, 15) is 19.8 Å². The lowest BCUT2D eigenvalue weighted by atomic mass is 9.82. The highest BCUT2D eigenvalue weighted by Gasteiger charge is 2.41. The number of H-pyrrole nitrogens is 1. The van der Waals surface area contributed by atoms with Crippen molar-refractivity contribution >= 4 is 37.1 Å². The number of fused-ring (bicyclic) bond motifs is 4. The van der Waals surface area contributed by atoms with Gasteiger partial charge < -0.3 is 34.6 Å². The topological polar surface area (TPSA) is 127 Å². The molecule has 3 saturated heterocycles. The van der Waals surface area contributed by atoms with Gasteiger partial charge in [0, 0.05) is 36.7 Å². The number of carboxylic acid groups (broad SMARTS) is 1. The Bertz CT molecular complexity index is 2330. The molecule has 4 heterocycles. The van der Waals surface area contributed by atoms with E-state index in [1.807, 2.05) is 66.7 Å². The Morgan fingerprint density at radius 2 is 1.78 bits per heavy atom. The first-order valence-electron chi connectivity index (χ1n) is 20.8. The third-order valence-electron chi connectivity index (χ3n) is 12.4. The predicted molar refractivity (Wildman–Crippen MR) is 240 cm³/mol. The molecule has 3 fully saturated rings. The molecule has 1 aromatic heterocycles. The van der Waals surface area contributed by atoms with Crippen LogP contribution in [0, 0.1) is 5.92 Å². The fraction of sp³-hybridized carbons (Fsp3) is 0.375. The number of benzene rings is 4. The van der Waals surface area contributed by atoms with Gasteiger partial charge in [0.05, 0.1) is 30.0 Å². The van der Waals surface area contributed by atoms with Gasteiger partial charge in [0.2, 0.25) is 5.56 Å². The predicted octanol–water partition coefficient (Wildman–Crippen LogP) is 9.81. The number of rotatable bonds is 15. The minimum atomic E-state index is -2.21. The van der Waals surface area contributed by atoms with Crippen LogP contribution < -0.4 is 20.5 Å². The maximum absolute atomic E-state index is 13.0. The van der Waals surface area contributed by atoms with Gasteiger partial charge >= 0.3 is 6.09 Å². The molecule has 0 saturated carbocycles. The van der Waals surface area contributed by atoms with E-state index in [-0.39, 0.29) is 28.5 Å². The second kappa shape index (κ2) is 18.0. The highest BCUT2D eigenvalue weighted by molar-refractivity contribution is 6.74. The van der Waals surface area contributed by atoms with Crippen molar-refractivity contribution < 1.29 is 24.2 Å². The minimum Gasteiger partial charge on any atom is -0.506 e. The summed E-state index contributed by atoms with van der Waals surface area (Å²) in [7, 11) is -2.21. The van der Waals surface area contributed by atoms with Crippen LogP contribution >= 0.6 is 0 Å². The zero-order valence-electron chi connectivity index (χ0n) is 34.9. The Morgan fingerprint density at radius 1 is 1.00 bits per heavy atom. The smallest absolute Gasteiger partial charge is 0.412 e. The number of carbonyl (C=O) groups is 1. The summed E-state index contributed by atoms with van der Waals surface area (Å²) < 4.78 is 13.2. The van der Waals surface area contributed by atoms with Crippen molar-refractivity contribution in [2.24, 2.45) is 5.92 Å². The number of pyridine rings is 1. The second-order valence-corrected chi connectivity index (χ2v) is 22.2. The van der Waals surface area contributed by atoms with Crippen LogP contribution in [0.3, 0.4) is 0 Å². The van der Waals surface area contributed by atoms with Gasteiger partial charge in [0.1, 0.15) is 11.5 Å². The van der Waals surface area contributed by atoms with E-state index in [4.69, 9.17) is 9.16 Å². The first-order chi connectivity index (χ1) is 28.3. The summed E-state index contributed by atoms with van der Waals surface area (Å²) in [6.45, 7) is 15.6. The lowest BCUT2D eigenvalue weighted by Gasteiger charge is -2.48. The van der Waals surface area contributed by atoms with Gasteiger partial charge in [0.25, 0.3) is 0 Å². The maximum Gasteiger partial charge on any atom is 0.412 e. The van der Waals surface area contributed by atoms with Gasteiger partial charge in [-0.1, -0.05) is 93.6 Å². The molecule has 5 aromatic rings. The van der Waals surface area contributed by atoms with Gasteiger partial charge in [-0.05, 0) is 109 Å². The zero-order chi connectivity index (χ0) is 41.7. The molecular formula is C48H58N4O6Si. The molecule has 3 aliphatic heterocycles. The largest absolute Gasteiger partial charge is 0.506 e. The van der Waals surface area contributed by atoms with Crippen molar-refractivity contribution in [1.82, 2.24) is 15.2 Å². The van der Waals surface area contributed by atoms with Gasteiger partial charge in [-0.15, -0.1) is 0 Å². The molecule has 0 spiro atoms. The van der Waals surface area contributed by atoms with Crippen LogP contribution in [-0.4, -0.2) is 73.3 Å². The summed E-state index contributed by atoms with van der Waals surface area (Å²) in [5, 5.41) is 25.5. The van der Waals surface area contributed by atoms with E-state index in [1.165, 1.54) is 6.07 Å². The van der Waals surface area contributed by atoms with Gasteiger partial charge in [0.15, 0.2) is 8.32 Å². The molecule has 8 rings (SSSR count). The number of phenolic OH excluding ortho intramolecular Hbond substituents is 1. The number of aromatic nitrogens is 1. The number of nitrogens with one attached hydrogen (secondary N) is 2. The molecule has 0 radical (unpaired) electrons. The average molecular weight is 815 g/mol. The van der Waals surface area contributed by atoms with Gasteiger partial charge in [-0.25, -0.2) is 4.79 Å². The monoisotopic (exact) mass is 814 g/mol. The molecular weight excluding hydrogens is 757 g/mol. The summed E-state index contributed by atoms with van der Waals surface area (Å²) in [6.07, 6.45) is 5.66. The molecule has 2 atom stereocenters. The van der Waals surface area contributed by atoms with Crippen LogP contribution in [-0.2, 0) is 11.0 Å². The van der Waals surface area contributed by atoms with Crippen molar-refractivity contribution in [3.8, 4) is 22.6 Å². The number of aromatic hydroxyl groups is 1. The van der Waals surface area contributed by atoms with Gasteiger partial charge in [-0.3, -0.25) is 9.69 Å². The number of amides is 1. The van der Waals surface area contributed by atoms with Crippen LogP contribution in [0.5, 0.6) is 11.5 Å². The Kier molecular flexibility index (Phi) is 12.8. The van der Waals surface area contributed by atoms with Crippen molar-refractivity contribution in [3.63, 3.8) is 0 Å². The number of hydrogen-bond donors (Lipinski definition) is 4. The lowest BCUT2D eigenvalue weighted by Crippen LogP contribution is -2.59. The van der Waals surface area contributed by atoms with Crippen molar-refractivity contribution in [3.05, 3.63) is 130 Å². The van der Waals surface area contributed by atoms with E-state index in [2.05, 4.69) is 73.4 Å². The standard InChI is InChI=1S/C48H58N4O6Si/c1-48(2,3)59(4,5)58-44(39-19-21-43(53)46-40(39)20-22-45(54)50-46)31-49-30-34-13-11-16-37(28-34)57-27-10-9-12-33-17-18-38(35-14-7-6-8-15-35)41(29-33)52(47(55)56)42-32-51-25-23-36(42)24-26-51/h6-9,11-22,28-29,36,42,44,49,53H,10,23-27,30-32H2,1-5H3,(H,50,54)(H,55,56)/t42?,44-/m0/s1. The molecule has 59 heavy (non-hydrogen) atoms. The number of hydrogen-bond acceptors (Lipinski definition) is 7. The number of piperidine rings is 3. The Balaban J connectivity index is 0.999. The fourth-order valence-electron chi connectivity index (χ4n) is 8.21. The van der Waals surface area contributed by atoms with E-state index in [0.717, 1.165) is 77.1 Å². The summed E-state index contributed by atoms with van der Waals surface area (Å²) in [4.78, 5) is 31.9. The SMILES string of the molecule is CC(C)(C)[Si](C)(C)O[C@@H](CNCc1cccc(OCCC=Cc2ccc(-c3ccccc3)c(N(C(=O)O)C3CN4CCC3CC4)c2)c1)c1ccc(O)c2[nH]c(=O)ccc12. The Hall–Kier alpha value is -5.20. The Morgan fingerprint density at radius 3 is 2.49 bits per heavy atom. The van der Waals surface area contributed by atoms with Crippen LogP contribution in [0.25, 0.3) is 28.1 Å². The molecule has 3 aliphatic rings. The normalized spacial score (nSPS) is 18.6. The molecule has 2 bridgehead atoms. The second-order valence-electron chi connectivity index (χ2n) is 17.5. The third-order valence-corrected chi connectivity index (χ3v) is 16.9. The van der Waals surface area contributed by atoms with E-state index < -0.39 is 14.4 Å². The number of nitrogens with zero attached hydrogens (tertiary/aromatic N) is 2. The highest BCUT2D eigenvalue weighted by Crippen LogP contribution is 2.42. The highest BCUT2D eigenvalue weighted by atomic mass is 28.4. The molecule has 1 amide bonds. The summed E-state index contributed by atoms with van der Waals surface area (Å²) in [6, 6.07) is 30.9. The molecule has 310 valence electrons. The van der Waals surface area contributed by atoms with E-state index in [0.29, 0.717) is 37.6 Å². The van der Waals surface area contributed by atoms with Crippen molar-refractivity contribution in [1.29, 1.82) is 0 Å². The molecule has 0 aliphatic carbocycles. The fourth-order valence-corrected chi connectivity index (χ4v) is 9.48. The van der Waals surface area contributed by atoms with E-state index >= 15 is 0 Å². The van der Waals surface area contributed by atoms with Crippen LogP contribution in [0.4, 0.5) is 10.5 Å². The third kappa shape index (κ3) is 9.82. The average Bonchev–Trinajstić information content (AvgIpc) is 3.21. The quantitative estimate of drug-likeness (QED) is 0.0608. The van der Waals surface area contributed by atoms with Crippen LogP contribution in [0.2, 0.25) is 18.1 Å². The lowest BCUT2D eigenvalue weighted by molar-refractivity contribution is 0.0838. The maximum atomic E-state index is 13.0. The minimum absolute atomic E-state index is 0.0164. The van der Waals surface area contributed by atoms with Gasteiger partial charge in [-0.2, -0.15) is 0 Å². The zero-order valence-corrected chi connectivity index (χ0v) is 35.9. The summed E-state index contributed by atoms with van der Waals surface area (Å²) >= 11 is 0. The number of ether oxygens (including phenoxy) is 1. The van der Waals surface area contributed by atoms with Crippen molar-refractivity contribution in [2.45, 2.75) is 76.9 Å². The first-order valence-corrected chi connectivity index (χ1v) is 23.7. The molecule has 1 unspecified atom stereocenters. The van der Waals surface area contributed by atoms with Crippen molar-refractivity contribution in [2.75, 3.05) is 37.7 Å². The van der Waals surface area contributed by atoms with E-state index in [1.54, 1.807) is 17.0 Å². The summed E-state index contributed by atoms with van der Waals surface area (Å²) in [5.41, 5.74) is 5.73. The number of aromatic amines is 1. The first kappa shape index (κ1) is 41.9. The molecule has 11 heteroatoms. The molecule has 4 aromatic carbocycles.